The molecule has 1 aliphatic rings. The van der Waals surface area contributed by atoms with Crippen LogP contribution in [-0.2, 0) is 6.61 Å². The summed E-state index contributed by atoms with van der Waals surface area (Å²) in [6, 6.07) is 10.3. The summed E-state index contributed by atoms with van der Waals surface area (Å²) in [5.74, 6) is 1.02. The van der Waals surface area contributed by atoms with Crippen molar-refractivity contribution in [1.29, 1.82) is 0 Å². The zero-order valence-electron chi connectivity index (χ0n) is 11.9. The van der Waals surface area contributed by atoms with Crippen LogP contribution in [0.1, 0.15) is 12.6 Å². The van der Waals surface area contributed by atoms with Gasteiger partial charge in [0.05, 0.1) is 12.3 Å². The van der Waals surface area contributed by atoms with E-state index in [1.165, 1.54) is 5.39 Å². The highest BCUT2D eigenvalue weighted by molar-refractivity contribution is 5.92. The molecule has 0 radical (unpaired) electrons. The summed E-state index contributed by atoms with van der Waals surface area (Å²) in [6.45, 7) is 7.46. The van der Waals surface area contributed by atoms with E-state index in [2.05, 4.69) is 39.9 Å². The van der Waals surface area contributed by atoms with Gasteiger partial charge in [0.2, 0.25) is 0 Å². The number of anilines is 1. The number of hydrogen-bond donors (Lipinski definition) is 1. The molecular weight excluding hydrogens is 250 g/mol. The van der Waals surface area contributed by atoms with Gasteiger partial charge in [0.25, 0.3) is 0 Å². The van der Waals surface area contributed by atoms with Crippen molar-refractivity contribution >= 4 is 16.6 Å². The number of nitrogens with zero attached hydrogens (tertiary/aromatic N) is 3. The zero-order chi connectivity index (χ0) is 13.9. The minimum absolute atomic E-state index is 0.00718. The second-order valence-corrected chi connectivity index (χ2v) is 5.24. The van der Waals surface area contributed by atoms with Crippen LogP contribution in [0.3, 0.4) is 0 Å². The van der Waals surface area contributed by atoms with Crippen LogP contribution in [0.5, 0.6) is 0 Å². The quantitative estimate of drug-likeness (QED) is 0.925. The maximum Gasteiger partial charge on any atom is 0.136 e. The largest absolute Gasteiger partial charge is 0.390 e. The van der Waals surface area contributed by atoms with E-state index in [1.54, 1.807) is 0 Å². The van der Waals surface area contributed by atoms with E-state index < -0.39 is 0 Å². The lowest BCUT2D eigenvalue weighted by Crippen LogP contribution is -2.46. The average molecular weight is 271 g/mol. The lowest BCUT2D eigenvalue weighted by Gasteiger charge is -2.35. The average Bonchev–Trinajstić information content (AvgIpc) is 2.54. The van der Waals surface area contributed by atoms with Gasteiger partial charge in [0.1, 0.15) is 5.82 Å². The van der Waals surface area contributed by atoms with E-state index in [1.807, 2.05) is 12.1 Å². The first-order valence-electron chi connectivity index (χ1n) is 7.28. The highest BCUT2D eigenvalue weighted by Crippen LogP contribution is 2.26. The lowest BCUT2D eigenvalue weighted by atomic mass is 10.1. The van der Waals surface area contributed by atoms with E-state index in [0.717, 1.165) is 49.6 Å². The normalized spacial score (nSPS) is 16.8. The number of piperazine rings is 1. The number of benzene rings is 1. The number of hydrogen-bond acceptors (Lipinski definition) is 4. The molecule has 0 aliphatic carbocycles. The van der Waals surface area contributed by atoms with Crippen molar-refractivity contribution in [2.45, 2.75) is 13.5 Å². The third-order valence-corrected chi connectivity index (χ3v) is 4.05. The fourth-order valence-corrected chi connectivity index (χ4v) is 2.83. The molecule has 106 valence electrons. The van der Waals surface area contributed by atoms with Gasteiger partial charge < -0.3 is 14.9 Å². The predicted molar refractivity (Wildman–Crippen MR) is 82.0 cm³/mol. The van der Waals surface area contributed by atoms with Crippen LogP contribution < -0.4 is 4.90 Å². The summed E-state index contributed by atoms with van der Waals surface area (Å²) < 4.78 is 0. The van der Waals surface area contributed by atoms with Crippen molar-refractivity contribution in [1.82, 2.24) is 9.88 Å². The number of rotatable bonds is 3. The minimum atomic E-state index is -0.00718. The summed E-state index contributed by atoms with van der Waals surface area (Å²) >= 11 is 0. The Kier molecular flexibility index (Phi) is 3.85. The second kappa shape index (κ2) is 5.77. The molecule has 20 heavy (non-hydrogen) atoms. The Morgan fingerprint density at radius 1 is 1.15 bits per heavy atom. The first kappa shape index (κ1) is 13.3. The SMILES string of the molecule is CCN1CCN(c2nc(CO)cc3ccccc23)CC1. The molecule has 0 spiro atoms. The molecule has 0 saturated carbocycles. The molecule has 4 nitrogen and oxygen atoms in total. The van der Waals surface area contributed by atoms with Gasteiger partial charge in [-0.1, -0.05) is 31.2 Å². The van der Waals surface area contributed by atoms with Gasteiger partial charge in [-0.05, 0) is 18.0 Å². The van der Waals surface area contributed by atoms with Crippen molar-refractivity contribution in [2.75, 3.05) is 37.6 Å². The van der Waals surface area contributed by atoms with Crippen LogP contribution in [0.25, 0.3) is 10.8 Å². The Bertz CT molecular complexity index is 591. The molecule has 1 saturated heterocycles. The number of likely N-dealkylation sites (N-methyl/N-ethyl adjacent to an activating group) is 1. The number of aliphatic hydroxyl groups is 1. The predicted octanol–water partition coefficient (Wildman–Crippen LogP) is 1.87. The molecule has 3 rings (SSSR count). The van der Waals surface area contributed by atoms with Crippen LogP contribution in [0, 0.1) is 0 Å². The van der Waals surface area contributed by atoms with E-state index in [-0.39, 0.29) is 6.61 Å². The van der Waals surface area contributed by atoms with E-state index in [0.29, 0.717) is 0 Å². The Morgan fingerprint density at radius 2 is 1.90 bits per heavy atom. The third kappa shape index (κ3) is 2.49. The summed E-state index contributed by atoms with van der Waals surface area (Å²) in [5, 5.41) is 11.7. The van der Waals surface area contributed by atoms with Crippen LogP contribution >= 0.6 is 0 Å². The van der Waals surface area contributed by atoms with Crippen molar-refractivity contribution < 1.29 is 5.11 Å². The molecule has 1 N–H and O–H groups in total. The van der Waals surface area contributed by atoms with E-state index >= 15 is 0 Å². The van der Waals surface area contributed by atoms with Gasteiger partial charge in [-0.3, -0.25) is 0 Å². The molecule has 0 atom stereocenters. The molecule has 4 heteroatoms. The molecule has 1 aromatic heterocycles. The monoisotopic (exact) mass is 271 g/mol. The molecule has 1 aliphatic heterocycles. The zero-order valence-corrected chi connectivity index (χ0v) is 11.9. The minimum Gasteiger partial charge on any atom is -0.390 e. The molecule has 1 aromatic carbocycles. The summed E-state index contributed by atoms with van der Waals surface area (Å²) in [7, 11) is 0. The number of aromatic nitrogens is 1. The Morgan fingerprint density at radius 3 is 2.60 bits per heavy atom. The summed E-state index contributed by atoms with van der Waals surface area (Å²) in [4.78, 5) is 9.45. The van der Waals surface area contributed by atoms with E-state index in [4.69, 9.17) is 0 Å². The Balaban J connectivity index is 1.98. The molecule has 2 heterocycles. The molecular formula is C16H21N3O. The van der Waals surface area contributed by atoms with Gasteiger partial charge in [-0.2, -0.15) is 0 Å². The molecule has 0 bridgehead atoms. The van der Waals surface area contributed by atoms with Gasteiger partial charge in [0.15, 0.2) is 0 Å². The molecule has 0 amide bonds. The smallest absolute Gasteiger partial charge is 0.136 e. The topological polar surface area (TPSA) is 39.6 Å². The second-order valence-electron chi connectivity index (χ2n) is 5.24. The summed E-state index contributed by atoms with van der Waals surface area (Å²) in [6.07, 6.45) is 0. The number of fused-ring (bicyclic) bond motifs is 1. The number of pyridine rings is 1. The molecule has 0 unspecified atom stereocenters. The molecule has 2 aromatic rings. The Hall–Kier alpha value is -1.65. The van der Waals surface area contributed by atoms with Crippen LogP contribution in [-0.4, -0.2) is 47.7 Å². The van der Waals surface area contributed by atoms with Gasteiger partial charge in [-0.25, -0.2) is 4.98 Å². The van der Waals surface area contributed by atoms with Crippen molar-refractivity contribution in [3.63, 3.8) is 0 Å². The highest BCUT2D eigenvalue weighted by Gasteiger charge is 2.19. The van der Waals surface area contributed by atoms with Crippen LogP contribution in [0.4, 0.5) is 5.82 Å². The summed E-state index contributed by atoms with van der Waals surface area (Å²) in [5.41, 5.74) is 0.747. The van der Waals surface area contributed by atoms with Gasteiger partial charge >= 0.3 is 0 Å². The fraction of sp³-hybridized carbons (Fsp3) is 0.438. The first-order chi connectivity index (χ1) is 9.81. The fourth-order valence-electron chi connectivity index (χ4n) is 2.83. The first-order valence-corrected chi connectivity index (χ1v) is 7.28. The molecule has 1 fully saturated rings. The Labute approximate surface area is 119 Å². The maximum absolute atomic E-state index is 9.41. The van der Waals surface area contributed by atoms with Crippen molar-refractivity contribution in [3.05, 3.63) is 36.0 Å². The van der Waals surface area contributed by atoms with Gasteiger partial charge in [-0.15, -0.1) is 0 Å². The standard InChI is InChI=1S/C16H21N3O/c1-2-18-7-9-19(10-8-18)16-15-6-4-3-5-13(15)11-14(12-20)17-16/h3-6,11,20H,2,7-10,12H2,1H3. The third-order valence-electron chi connectivity index (χ3n) is 4.05. The van der Waals surface area contributed by atoms with E-state index in [9.17, 15) is 5.11 Å². The van der Waals surface area contributed by atoms with Crippen LogP contribution in [0.15, 0.2) is 30.3 Å². The van der Waals surface area contributed by atoms with Crippen molar-refractivity contribution in [2.24, 2.45) is 0 Å². The highest BCUT2D eigenvalue weighted by atomic mass is 16.3. The lowest BCUT2D eigenvalue weighted by molar-refractivity contribution is 0.269. The maximum atomic E-state index is 9.41. The number of aliphatic hydroxyl groups excluding tert-OH is 1. The van der Waals surface area contributed by atoms with Gasteiger partial charge in [0, 0.05) is 31.6 Å². The van der Waals surface area contributed by atoms with Crippen molar-refractivity contribution in [3.8, 4) is 0 Å². The van der Waals surface area contributed by atoms with Crippen LogP contribution in [0.2, 0.25) is 0 Å².